The number of nitrogens with one attached hydrogen (secondary N) is 1. The Balaban J connectivity index is 3.44. The van der Waals surface area contributed by atoms with Crippen LogP contribution in [-0.4, -0.2) is 47.4 Å². The Morgan fingerprint density at radius 1 is 0.375 bits per heavy atom. The first kappa shape index (κ1) is 62.9. The molecule has 64 heavy (non-hydrogen) atoms. The van der Waals surface area contributed by atoms with E-state index in [2.05, 4.69) is 19.2 Å². The zero-order valence-electron chi connectivity index (χ0n) is 43.5. The van der Waals surface area contributed by atoms with Crippen LogP contribution in [0.5, 0.6) is 0 Å². The van der Waals surface area contributed by atoms with Crippen molar-refractivity contribution in [2.45, 2.75) is 347 Å². The second kappa shape index (κ2) is 54.5. The molecular weight excluding hydrogens is 791 g/mol. The van der Waals surface area contributed by atoms with E-state index in [1.54, 1.807) is 0 Å². The van der Waals surface area contributed by atoms with Crippen molar-refractivity contribution in [2.75, 3.05) is 13.2 Å². The zero-order chi connectivity index (χ0) is 46.5. The number of rotatable bonds is 55. The number of aliphatic hydroxyl groups is 2. The van der Waals surface area contributed by atoms with E-state index in [1.165, 1.54) is 244 Å². The minimum atomic E-state index is -0.678. The molecular formula is C58H115NO5. The Morgan fingerprint density at radius 3 is 0.953 bits per heavy atom. The van der Waals surface area contributed by atoms with Gasteiger partial charge in [-0.2, -0.15) is 0 Å². The highest BCUT2D eigenvalue weighted by atomic mass is 16.5. The van der Waals surface area contributed by atoms with Gasteiger partial charge >= 0.3 is 5.97 Å². The summed E-state index contributed by atoms with van der Waals surface area (Å²) in [6.45, 7) is 4.94. The second-order valence-corrected chi connectivity index (χ2v) is 20.3. The standard InChI is InChI=1S/C58H115NO5/c1-3-5-7-9-11-13-15-17-19-21-22-23-24-25-26-28-30-34-38-42-46-50-56(61)55(54-60)59-57(62)51-47-43-39-35-32-33-37-41-45-49-53-64-58(63)52-48-44-40-36-31-29-27-20-18-16-14-12-10-8-6-4-2/h55-56,60-61H,3-54H2,1-2H3,(H,59,62). The van der Waals surface area contributed by atoms with E-state index in [-0.39, 0.29) is 18.5 Å². The van der Waals surface area contributed by atoms with Crippen molar-refractivity contribution in [2.24, 2.45) is 0 Å². The van der Waals surface area contributed by atoms with Crippen LogP contribution >= 0.6 is 0 Å². The number of aliphatic hydroxyl groups excluding tert-OH is 2. The summed E-state index contributed by atoms with van der Waals surface area (Å²) in [5.74, 6) is -0.0668. The molecule has 1 amide bonds. The predicted molar refractivity (Wildman–Crippen MR) is 278 cm³/mol. The lowest BCUT2D eigenvalue weighted by Gasteiger charge is -2.22. The quantitative estimate of drug-likeness (QED) is 0.0417. The summed E-state index contributed by atoms with van der Waals surface area (Å²) in [6.07, 6.45) is 62.3. The molecule has 2 unspecified atom stereocenters. The van der Waals surface area contributed by atoms with E-state index in [1.807, 2.05) is 0 Å². The Labute approximate surface area is 400 Å². The molecule has 0 aromatic heterocycles. The third-order valence-electron chi connectivity index (χ3n) is 13.9. The average Bonchev–Trinajstić information content (AvgIpc) is 3.29. The fourth-order valence-electron chi connectivity index (χ4n) is 9.41. The second-order valence-electron chi connectivity index (χ2n) is 20.3. The fourth-order valence-corrected chi connectivity index (χ4v) is 9.41. The number of carbonyl (C=O) groups excluding carboxylic acids is 2. The monoisotopic (exact) mass is 906 g/mol. The largest absolute Gasteiger partial charge is 0.466 e. The van der Waals surface area contributed by atoms with Crippen molar-refractivity contribution in [3.63, 3.8) is 0 Å². The van der Waals surface area contributed by atoms with Gasteiger partial charge in [-0.05, 0) is 25.7 Å². The molecule has 0 aliphatic heterocycles. The Bertz CT molecular complexity index is 913. The van der Waals surface area contributed by atoms with Gasteiger partial charge in [-0.15, -0.1) is 0 Å². The molecule has 0 aliphatic rings. The molecule has 382 valence electrons. The van der Waals surface area contributed by atoms with Crippen molar-refractivity contribution in [1.82, 2.24) is 5.32 Å². The summed E-state index contributed by atoms with van der Waals surface area (Å²) < 4.78 is 5.47. The van der Waals surface area contributed by atoms with Crippen LogP contribution in [0.1, 0.15) is 335 Å². The van der Waals surface area contributed by atoms with E-state index in [9.17, 15) is 19.8 Å². The first-order valence-electron chi connectivity index (χ1n) is 29.3. The summed E-state index contributed by atoms with van der Waals surface area (Å²) in [5.41, 5.74) is 0. The normalized spacial score (nSPS) is 12.5. The van der Waals surface area contributed by atoms with Gasteiger partial charge in [0.15, 0.2) is 0 Å². The van der Waals surface area contributed by atoms with E-state index in [4.69, 9.17) is 4.74 Å². The highest BCUT2D eigenvalue weighted by Gasteiger charge is 2.20. The SMILES string of the molecule is CCCCCCCCCCCCCCCCCCCCCCCC(O)C(CO)NC(=O)CCCCCCCCCCCCOC(=O)CCCCCCCCCCCCCCCCCC. The summed E-state index contributed by atoms with van der Waals surface area (Å²) in [4.78, 5) is 24.6. The van der Waals surface area contributed by atoms with Gasteiger partial charge < -0.3 is 20.3 Å². The molecule has 6 heteroatoms. The van der Waals surface area contributed by atoms with Crippen molar-refractivity contribution < 1.29 is 24.5 Å². The summed E-state index contributed by atoms with van der Waals surface area (Å²) >= 11 is 0. The topological polar surface area (TPSA) is 95.9 Å². The Hall–Kier alpha value is -1.14. The minimum absolute atomic E-state index is 0.0138. The Morgan fingerprint density at radius 2 is 0.641 bits per heavy atom. The first-order valence-corrected chi connectivity index (χ1v) is 29.3. The van der Waals surface area contributed by atoms with E-state index in [0.717, 1.165) is 57.8 Å². The van der Waals surface area contributed by atoms with Crippen LogP contribution in [0.15, 0.2) is 0 Å². The summed E-state index contributed by atoms with van der Waals surface area (Å²) in [5, 5.41) is 23.3. The zero-order valence-corrected chi connectivity index (χ0v) is 43.5. The predicted octanol–water partition coefficient (Wildman–Crippen LogP) is 17.9. The molecule has 0 fully saturated rings. The van der Waals surface area contributed by atoms with Gasteiger partial charge in [0.25, 0.3) is 0 Å². The third kappa shape index (κ3) is 50.3. The third-order valence-corrected chi connectivity index (χ3v) is 13.9. The molecule has 0 heterocycles. The maximum Gasteiger partial charge on any atom is 0.305 e. The van der Waals surface area contributed by atoms with Crippen molar-refractivity contribution in [3.8, 4) is 0 Å². The highest BCUT2D eigenvalue weighted by Crippen LogP contribution is 2.18. The molecule has 2 atom stereocenters. The fraction of sp³-hybridized carbons (Fsp3) is 0.966. The minimum Gasteiger partial charge on any atom is -0.466 e. The van der Waals surface area contributed by atoms with Gasteiger partial charge in [0.1, 0.15) is 0 Å². The molecule has 0 saturated heterocycles. The number of hydrogen-bond donors (Lipinski definition) is 3. The number of amides is 1. The molecule has 0 radical (unpaired) electrons. The van der Waals surface area contributed by atoms with Gasteiger partial charge in [-0.3, -0.25) is 9.59 Å². The van der Waals surface area contributed by atoms with Crippen LogP contribution in [0.2, 0.25) is 0 Å². The number of unbranched alkanes of at least 4 members (excludes halogenated alkanes) is 44. The van der Waals surface area contributed by atoms with Crippen molar-refractivity contribution in [3.05, 3.63) is 0 Å². The summed E-state index contributed by atoms with van der Waals surface area (Å²) in [6, 6.07) is -0.557. The van der Waals surface area contributed by atoms with Crippen LogP contribution in [0, 0.1) is 0 Å². The average molecular weight is 907 g/mol. The first-order chi connectivity index (χ1) is 31.5. The molecule has 0 aromatic rings. The molecule has 0 spiro atoms. The highest BCUT2D eigenvalue weighted by molar-refractivity contribution is 5.76. The molecule has 0 bridgehead atoms. The summed E-state index contributed by atoms with van der Waals surface area (Å²) in [7, 11) is 0. The lowest BCUT2D eigenvalue weighted by molar-refractivity contribution is -0.143. The van der Waals surface area contributed by atoms with Crippen LogP contribution in [0.25, 0.3) is 0 Å². The van der Waals surface area contributed by atoms with Crippen molar-refractivity contribution >= 4 is 11.9 Å². The number of carbonyl (C=O) groups is 2. The van der Waals surface area contributed by atoms with Crippen LogP contribution in [-0.2, 0) is 14.3 Å². The molecule has 3 N–H and O–H groups in total. The van der Waals surface area contributed by atoms with E-state index < -0.39 is 12.1 Å². The van der Waals surface area contributed by atoms with Gasteiger partial charge in [0.2, 0.25) is 5.91 Å². The van der Waals surface area contributed by atoms with Crippen LogP contribution < -0.4 is 5.32 Å². The molecule has 0 saturated carbocycles. The smallest absolute Gasteiger partial charge is 0.305 e. The molecule has 6 nitrogen and oxygen atoms in total. The van der Waals surface area contributed by atoms with Gasteiger partial charge in [0.05, 0.1) is 25.4 Å². The van der Waals surface area contributed by atoms with Gasteiger partial charge in [-0.1, -0.05) is 296 Å². The number of esters is 1. The maximum absolute atomic E-state index is 12.5. The van der Waals surface area contributed by atoms with Crippen LogP contribution in [0.3, 0.4) is 0 Å². The van der Waals surface area contributed by atoms with Crippen molar-refractivity contribution in [1.29, 1.82) is 0 Å². The maximum atomic E-state index is 12.5. The number of hydrogen-bond acceptors (Lipinski definition) is 5. The lowest BCUT2D eigenvalue weighted by Crippen LogP contribution is -2.45. The van der Waals surface area contributed by atoms with Crippen LogP contribution in [0.4, 0.5) is 0 Å². The molecule has 0 aliphatic carbocycles. The van der Waals surface area contributed by atoms with Gasteiger partial charge in [-0.25, -0.2) is 0 Å². The lowest BCUT2D eigenvalue weighted by atomic mass is 10.0. The molecule has 0 aromatic carbocycles. The molecule has 0 rings (SSSR count). The Kier molecular flexibility index (Phi) is 53.5. The van der Waals surface area contributed by atoms with E-state index >= 15 is 0 Å². The van der Waals surface area contributed by atoms with E-state index in [0.29, 0.717) is 25.9 Å². The van der Waals surface area contributed by atoms with Gasteiger partial charge in [0, 0.05) is 12.8 Å². The number of ether oxygens (including phenoxy) is 1.